The number of methoxy groups -OCH3 is 5. The SMILES string of the molecule is COC(=O)c1cc(OC)c(OC)cc1NC(=S)Nc1sc(C(=O)OC)c(C)c1C(=O)OC. The lowest BCUT2D eigenvalue weighted by atomic mass is 10.1. The highest BCUT2D eigenvalue weighted by atomic mass is 32.1. The zero-order chi connectivity index (χ0) is 24.0. The molecule has 12 heteroatoms. The van der Waals surface area contributed by atoms with Gasteiger partial charge in [-0.3, -0.25) is 0 Å². The first-order chi connectivity index (χ1) is 15.2. The second-order valence-electron chi connectivity index (χ2n) is 6.07. The quantitative estimate of drug-likeness (QED) is 0.344. The van der Waals surface area contributed by atoms with Crippen molar-refractivity contribution in [1.29, 1.82) is 0 Å². The summed E-state index contributed by atoms with van der Waals surface area (Å²) >= 11 is 6.34. The Morgan fingerprint density at radius 2 is 1.41 bits per heavy atom. The van der Waals surface area contributed by atoms with Gasteiger partial charge in [-0.1, -0.05) is 0 Å². The number of thiocarbonyl (C=S) groups is 1. The van der Waals surface area contributed by atoms with Crippen molar-refractivity contribution >= 4 is 57.3 Å². The predicted octanol–water partition coefficient (Wildman–Crippen LogP) is 3.24. The van der Waals surface area contributed by atoms with E-state index in [-0.39, 0.29) is 31.8 Å². The van der Waals surface area contributed by atoms with Crippen LogP contribution in [0.3, 0.4) is 0 Å². The molecule has 0 fully saturated rings. The number of benzene rings is 1. The van der Waals surface area contributed by atoms with E-state index < -0.39 is 17.9 Å². The zero-order valence-electron chi connectivity index (χ0n) is 18.2. The molecule has 172 valence electrons. The molecule has 2 N–H and O–H groups in total. The summed E-state index contributed by atoms with van der Waals surface area (Å²) in [7, 11) is 6.59. The molecule has 1 heterocycles. The molecule has 0 atom stereocenters. The van der Waals surface area contributed by atoms with E-state index in [2.05, 4.69) is 10.6 Å². The van der Waals surface area contributed by atoms with Gasteiger partial charge in [-0.2, -0.15) is 0 Å². The van der Waals surface area contributed by atoms with Crippen molar-refractivity contribution in [2.24, 2.45) is 0 Å². The maximum atomic E-state index is 12.3. The number of rotatable bonds is 7. The van der Waals surface area contributed by atoms with Gasteiger partial charge < -0.3 is 34.3 Å². The van der Waals surface area contributed by atoms with Crippen LogP contribution in [0.1, 0.15) is 36.0 Å². The Labute approximate surface area is 193 Å². The van der Waals surface area contributed by atoms with Gasteiger partial charge in [0, 0.05) is 12.1 Å². The average Bonchev–Trinajstić information content (AvgIpc) is 3.12. The third-order valence-corrected chi connectivity index (χ3v) is 5.70. The molecule has 0 amide bonds. The van der Waals surface area contributed by atoms with Crippen molar-refractivity contribution in [1.82, 2.24) is 0 Å². The van der Waals surface area contributed by atoms with Crippen LogP contribution in [0, 0.1) is 6.92 Å². The number of esters is 3. The summed E-state index contributed by atoms with van der Waals surface area (Å²) in [5.74, 6) is -1.22. The monoisotopic (exact) mass is 482 g/mol. The standard InChI is InChI=1S/C20H22N2O8S2/c1-9-14(18(24)29-5)16(32-15(9)19(25)30-6)22-20(31)21-11-8-13(27-3)12(26-2)7-10(11)17(23)28-4/h7-8H,1-6H3,(H2,21,22,31). The van der Waals surface area contributed by atoms with Gasteiger partial charge in [-0.25, -0.2) is 14.4 Å². The van der Waals surface area contributed by atoms with Crippen LogP contribution >= 0.6 is 23.6 Å². The van der Waals surface area contributed by atoms with Crippen molar-refractivity contribution in [2.45, 2.75) is 6.92 Å². The molecule has 2 aromatic rings. The third-order valence-electron chi connectivity index (χ3n) is 4.31. The average molecular weight is 483 g/mol. The Hall–Kier alpha value is -3.38. The minimum absolute atomic E-state index is 0.0326. The summed E-state index contributed by atoms with van der Waals surface area (Å²) in [4.78, 5) is 36.8. The highest BCUT2D eigenvalue weighted by Crippen LogP contribution is 2.36. The lowest BCUT2D eigenvalue weighted by Gasteiger charge is -2.16. The molecule has 1 aromatic heterocycles. The maximum Gasteiger partial charge on any atom is 0.348 e. The normalized spacial score (nSPS) is 10.1. The van der Waals surface area contributed by atoms with Crippen LogP contribution in [-0.2, 0) is 14.2 Å². The molecule has 2 rings (SSSR count). The summed E-state index contributed by atoms with van der Waals surface area (Å²) in [5.41, 5.74) is 0.941. The summed E-state index contributed by atoms with van der Waals surface area (Å²) in [6.45, 7) is 1.60. The molecule has 0 saturated carbocycles. The summed E-state index contributed by atoms with van der Waals surface area (Å²) in [6, 6.07) is 2.96. The number of nitrogens with one attached hydrogen (secondary N) is 2. The molecule has 0 aliphatic heterocycles. The first-order valence-electron chi connectivity index (χ1n) is 8.94. The summed E-state index contributed by atoms with van der Waals surface area (Å²) in [6.07, 6.45) is 0. The van der Waals surface area contributed by atoms with Gasteiger partial charge in [-0.05, 0) is 24.7 Å². The predicted molar refractivity (Wildman–Crippen MR) is 122 cm³/mol. The van der Waals surface area contributed by atoms with Gasteiger partial charge in [0.25, 0.3) is 0 Å². The van der Waals surface area contributed by atoms with Crippen LogP contribution in [0.2, 0.25) is 0 Å². The first kappa shape index (κ1) is 24.9. The van der Waals surface area contributed by atoms with Crippen LogP contribution in [0.15, 0.2) is 12.1 Å². The third kappa shape index (κ3) is 5.08. The number of thiophene rings is 1. The Bertz CT molecular complexity index is 1060. The fraction of sp³-hybridized carbons (Fsp3) is 0.300. The van der Waals surface area contributed by atoms with E-state index in [9.17, 15) is 14.4 Å². The second kappa shape index (κ2) is 10.8. The maximum absolute atomic E-state index is 12.3. The fourth-order valence-electron chi connectivity index (χ4n) is 2.75. The van der Waals surface area contributed by atoms with Crippen molar-refractivity contribution in [3.8, 4) is 11.5 Å². The zero-order valence-corrected chi connectivity index (χ0v) is 19.9. The van der Waals surface area contributed by atoms with Crippen LogP contribution in [0.4, 0.5) is 10.7 Å². The van der Waals surface area contributed by atoms with Crippen LogP contribution in [-0.4, -0.2) is 58.6 Å². The molecular weight excluding hydrogens is 460 g/mol. The molecule has 32 heavy (non-hydrogen) atoms. The fourth-order valence-corrected chi connectivity index (χ4v) is 4.15. The molecule has 0 aliphatic rings. The van der Waals surface area contributed by atoms with E-state index in [1.807, 2.05) is 0 Å². The highest BCUT2D eigenvalue weighted by Gasteiger charge is 2.26. The first-order valence-corrected chi connectivity index (χ1v) is 10.2. The van der Waals surface area contributed by atoms with Crippen molar-refractivity contribution < 1.29 is 38.1 Å². The van der Waals surface area contributed by atoms with E-state index in [0.717, 1.165) is 11.3 Å². The lowest BCUT2D eigenvalue weighted by Crippen LogP contribution is -2.22. The Balaban J connectivity index is 2.44. The smallest absolute Gasteiger partial charge is 0.348 e. The molecule has 0 bridgehead atoms. The van der Waals surface area contributed by atoms with E-state index >= 15 is 0 Å². The molecule has 10 nitrogen and oxygen atoms in total. The van der Waals surface area contributed by atoms with Gasteiger partial charge >= 0.3 is 17.9 Å². The largest absolute Gasteiger partial charge is 0.493 e. The van der Waals surface area contributed by atoms with E-state index in [0.29, 0.717) is 17.1 Å². The van der Waals surface area contributed by atoms with Gasteiger partial charge in [-0.15, -0.1) is 11.3 Å². The van der Waals surface area contributed by atoms with E-state index in [1.165, 1.54) is 47.7 Å². The molecule has 0 unspecified atom stereocenters. The topological polar surface area (TPSA) is 121 Å². The second-order valence-corrected chi connectivity index (χ2v) is 7.50. The van der Waals surface area contributed by atoms with Gasteiger partial charge in [0.2, 0.25) is 0 Å². The number of carbonyl (C=O) groups is 3. The highest BCUT2D eigenvalue weighted by molar-refractivity contribution is 7.80. The number of ether oxygens (including phenoxy) is 5. The van der Waals surface area contributed by atoms with Gasteiger partial charge in [0.1, 0.15) is 9.88 Å². The van der Waals surface area contributed by atoms with Crippen LogP contribution < -0.4 is 20.1 Å². The van der Waals surface area contributed by atoms with Crippen molar-refractivity contribution in [3.05, 3.63) is 33.7 Å². The minimum Gasteiger partial charge on any atom is -0.493 e. The lowest BCUT2D eigenvalue weighted by molar-refractivity contribution is 0.0589. The Morgan fingerprint density at radius 1 is 0.844 bits per heavy atom. The minimum atomic E-state index is -0.652. The number of anilines is 2. The molecule has 0 radical (unpaired) electrons. The molecule has 0 aliphatic carbocycles. The van der Waals surface area contributed by atoms with Crippen LogP contribution in [0.5, 0.6) is 11.5 Å². The summed E-state index contributed by atoms with van der Waals surface area (Å²) in [5, 5.41) is 6.05. The van der Waals surface area contributed by atoms with Crippen molar-refractivity contribution in [3.63, 3.8) is 0 Å². The summed E-state index contributed by atoms with van der Waals surface area (Å²) < 4.78 is 24.9. The number of hydrogen-bond donors (Lipinski definition) is 2. The van der Waals surface area contributed by atoms with Crippen molar-refractivity contribution in [2.75, 3.05) is 46.2 Å². The van der Waals surface area contributed by atoms with Gasteiger partial charge in [0.15, 0.2) is 16.6 Å². The van der Waals surface area contributed by atoms with E-state index in [1.54, 1.807) is 6.92 Å². The van der Waals surface area contributed by atoms with E-state index in [4.69, 9.17) is 35.9 Å². The number of hydrogen-bond acceptors (Lipinski definition) is 10. The molecular formula is C20H22N2O8S2. The van der Waals surface area contributed by atoms with Gasteiger partial charge in [0.05, 0.1) is 52.4 Å². The van der Waals surface area contributed by atoms with Crippen LogP contribution in [0.25, 0.3) is 0 Å². The Kier molecular flexibility index (Phi) is 8.38. The Morgan fingerprint density at radius 3 is 1.94 bits per heavy atom. The molecule has 0 spiro atoms. The number of carbonyl (C=O) groups excluding carboxylic acids is 3. The molecule has 1 aromatic carbocycles. The molecule has 0 saturated heterocycles.